The molecule has 4 fully saturated rings. The van der Waals surface area contributed by atoms with Gasteiger partial charge < -0.3 is 4.90 Å². The van der Waals surface area contributed by atoms with Gasteiger partial charge in [0, 0.05) is 25.0 Å². The second-order valence-electron chi connectivity index (χ2n) is 9.17. The average molecular weight is 413 g/mol. The van der Waals surface area contributed by atoms with Crippen LogP contribution in [0.4, 0.5) is 0 Å². The van der Waals surface area contributed by atoms with E-state index >= 15 is 0 Å². The Balaban J connectivity index is 1.42. The van der Waals surface area contributed by atoms with Crippen molar-refractivity contribution < 1.29 is 13.2 Å². The van der Waals surface area contributed by atoms with E-state index in [0.29, 0.717) is 30.2 Å². The highest BCUT2D eigenvalue weighted by atomic mass is 32.2. The van der Waals surface area contributed by atoms with E-state index in [0.717, 1.165) is 51.7 Å². The molecule has 28 heavy (non-hydrogen) atoms. The monoisotopic (exact) mass is 412 g/mol. The first-order chi connectivity index (χ1) is 13.5. The number of amides is 1. The summed E-state index contributed by atoms with van der Waals surface area (Å²) in [6.07, 6.45) is 5.77. The highest BCUT2D eigenvalue weighted by molar-refractivity contribution is 7.90. The van der Waals surface area contributed by atoms with Crippen LogP contribution in [0.25, 0.3) is 0 Å². The molecule has 1 amide bonds. The third kappa shape index (κ3) is 3.61. The molecule has 1 saturated heterocycles. The Morgan fingerprint density at radius 2 is 1.86 bits per heavy atom. The number of likely N-dealkylation sites (N-methyl/N-ethyl adjacent to an activating group) is 1. The lowest BCUT2D eigenvalue weighted by atomic mass is 9.69. The van der Waals surface area contributed by atoms with Gasteiger partial charge in [0.15, 0.2) is 0 Å². The molecule has 0 aromatic heterocycles. The molecule has 7 unspecified atom stereocenters. The zero-order valence-corrected chi connectivity index (χ0v) is 18.0. The summed E-state index contributed by atoms with van der Waals surface area (Å²) in [4.78, 5) is 14.5. The first-order valence-corrected chi connectivity index (χ1v) is 12.8. The minimum Gasteiger partial charge on any atom is -0.303 e. The van der Waals surface area contributed by atoms with Gasteiger partial charge in [-0.25, -0.2) is 18.6 Å². The van der Waals surface area contributed by atoms with Gasteiger partial charge in [0.25, 0.3) is 0 Å². The van der Waals surface area contributed by atoms with Crippen molar-refractivity contribution in [3.8, 4) is 0 Å². The van der Waals surface area contributed by atoms with Crippen molar-refractivity contribution in [2.75, 3.05) is 26.2 Å². The normalized spacial score (nSPS) is 40.1. The first kappa shape index (κ1) is 20.6. The number of rotatable bonds is 7. The Labute approximate surface area is 169 Å². The minimum absolute atomic E-state index is 0.123. The third-order valence-corrected chi connectivity index (χ3v) is 10.0. The third-order valence-electron chi connectivity index (χ3n) is 8.11. The Morgan fingerprint density at radius 3 is 2.61 bits per heavy atom. The standard InChI is InChI=1S/C20H36N4O3S/c1-3-24(4-2)11-10-21-28(26,27)13-8-9-14-15-6-5-7-16-18(15)19(17(14)12-13)22-23-20(16)25/h13-19,21-22H,3-12H2,1-2H3,(H,23,25). The SMILES string of the molecule is CCN(CC)CCNS(=O)(=O)C1CCC2C(C1)C1NNC(=O)C3CCCC2C31. The van der Waals surface area contributed by atoms with Crippen LogP contribution in [0, 0.1) is 29.6 Å². The number of carbonyl (C=O) groups is 1. The number of hydrazine groups is 1. The van der Waals surface area contributed by atoms with Crippen molar-refractivity contribution >= 4 is 15.9 Å². The van der Waals surface area contributed by atoms with Crippen molar-refractivity contribution in [2.45, 2.75) is 63.7 Å². The molecule has 3 N–H and O–H groups in total. The largest absolute Gasteiger partial charge is 0.303 e. The van der Waals surface area contributed by atoms with Gasteiger partial charge >= 0.3 is 0 Å². The van der Waals surface area contributed by atoms with Crippen molar-refractivity contribution in [1.29, 1.82) is 0 Å². The molecule has 0 bridgehead atoms. The van der Waals surface area contributed by atoms with Crippen LogP contribution >= 0.6 is 0 Å². The van der Waals surface area contributed by atoms with Crippen molar-refractivity contribution in [2.24, 2.45) is 29.6 Å². The Kier molecular flexibility index (Phi) is 6.03. The fourth-order valence-corrected chi connectivity index (χ4v) is 8.27. The predicted molar refractivity (Wildman–Crippen MR) is 109 cm³/mol. The molecular formula is C20H36N4O3S. The maximum atomic E-state index is 13.0. The molecule has 3 aliphatic carbocycles. The van der Waals surface area contributed by atoms with Gasteiger partial charge in [-0.05, 0) is 68.9 Å². The van der Waals surface area contributed by atoms with Crippen LogP contribution in [-0.2, 0) is 14.8 Å². The second-order valence-corrected chi connectivity index (χ2v) is 11.2. The number of nitrogens with zero attached hydrogens (tertiary/aromatic N) is 1. The summed E-state index contributed by atoms with van der Waals surface area (Å²) in [5.41, 5.74) is 6.18. The van der Waals surface area contributed by atoms with Gasteiger partial charge in [-0.1, -0.05) is 20.3 Å². The van der Waals surface area contributed by atoms with Crippen LogP contribution < -0.4 is 15.6 Å². The van der Waals surface area contributed by atoms with Gasteiger partial charge in [0.2, 0.25) is 15.9 Å². The summed E-state index contributed by atoms with van der Waals surface area (Å²) in [5, 5.41) is -0.302. The highest BCUT2D eigenvalue weighted by Gasteiger charge is 2.59. The smallest absolute Gasteiger partial charge is 0.237 e. The summed E-state index contributed by atoms with van der Waals surface area (Å²) >= 11 is 0. The molecule has 7 atom stereocenters. The topological polar surface area (TPSA) is 90.5 Å². The van der Waals surface area contributed by atoms with Gasteiger partial charge in [-0.2, -0.15) is 0 Å². The zero-order chi connectivity index (χ0) is 19.9. The van der Waals surface area contributed by atoms with Gasteiger partial charge in [0.05, 0.1) is 5.25 Å². The van der Waals surface area contributed by atoms with E-state index in [9.17, 15) is 13.2 Å². The Morgan fingerprint density at radius 1 is 1.07 bits per heavy atom. The number of carbonyl (C=O) groups excluding carboxylic acids is 1. The molecule has 0 radical (unpaired) electrons. The summed E-state index contributed by atoms with van der Waals surface area (Å²) < 4.78 is 28.8. The number of nitrogens with one attached hydrogen (secondary N) is 3. The van der Waals surface area contributed by atoms with Crippen LogP contribution in [0.2, 0.25) is 0 Å². The van der Waals surface area contributed by atoms with E-state index in [1.54, 1.807) is 0 Å². The van der Waals surface area contributed by atoms with Crippen LogP contribution in [0.5, 0.6) is 0 Å². The molecule has 7 nitrogen and oxygen atoms in total. The fraction of sp³-hybridized carbons (Fsp3) is 0.950. The van der Waals surface area contributed by atoms with Crippen molar-refractivity contribution in [1.82, 2.24) is 20.5 Å². The summed E-state index contributed by atoms with van der Waals surface area (Å²) in [6.45, 7) is 7.32. The maximum Gasteiger partial charge on any atom is 0.237 e. The molecule has 4 aliphatic rings. The Hall–Kier alpha value is -0.700. The second kappa shape index (κ2) is 8.20. The molecule has 8 heteroatoms. The quantitative estimate of drug-likeness (QED) is 0.582. The summed E-state index contributed by atoms with van der Waals surface area (Å²) in [6, 6.07) is 0.242. The Bertz CT molecular complexity index is 681. The van der Waals surface area contributed by atoms with Crippen LogP contribution in [0.15, 0.2) is 0 Å². The van der Waals surface area contributed by atoms with E-state index in [1.807, 2.05) is 0 Å². The van der Waals surface area contributed by atoms with Crippen LogP contribution in [-0.4, -0.2) is 56.7 Å². The predicted octanol–water partition coefficient (Wildman–Crippen LogP) is 1.08. The summed E-state index contributed by atoms with van der Waals surface area (Å²) in [5.74, 6) is 2.18. The number of hydrogen-bond donors (Lipinski definition) is 3. The zero-order valence-electron chi connectivity index (χ0n) is 17.2. The molecule has 0 aromatic carbocycles. The molecule has 1 heterocycles. The molecular weight excluding hydrogens is 376 g/mol. The molecule has 160 valence electrons. The minimum atomic E-state index is -3.30. The van der Waals surface area contributed by atoms with Crippen LogP contribution in [0.3, 0.4) is 0 Å². The average Bonchev–Trinajstić information content (AvgIpc) is 3.02. The number of hydrogen-bond acceptors (Lipinski definition) is 5. The molecule has 1 aliphatic heterocycles. The van der Waals surface area contributed by atoms with Crippen molar-refractivity contribution in [3.05, 3.63) is 0 Å². The van der Waals surface area contributed by atoms with E-state index < -0.39 is 10.0 Å². The molecule has 3 saturated carbocycles. The fourth-order valence-electron chi connectivity index (χ4n) is 6.73. The van der Waals surface area contributed by atoms with Crippen LogP contribution in [0.1, 0.15) is 52.4 Å². The van der Waals surface area contributed by atoms with Crippen molar-refractivity contribution in [3.63, 3.8) is 0 Å². The van der Waals surface area contributed by atoms with E-state index in [2.05, 4.69) is 34.3 Å². The lowest BCUT2D eigenvalue weighted by molar-refractivity contribution is -0.134. The molecule has 4 rings (SSSR count). The van der Waals surface area contributed by atoms with Gasteiger partial charge in [-0.3, -0.25) is 10.2 Å². The number of sulfonamides is 1. The van der Waals surface area contributed by atoms with E-state index in [1.165, 1.54) is 6.42 Å². The lowest BCUT2D eigenvalue weighted by Gasteiger charge is -2.41. The summed E-state index contributed by atoms with van der Waals surface area (Å²) in [7, 11) is -3.30. The number of fused-ring (bicyclic) bond motifs is 3. The van der Waals surface area contributed by atoms with E-state index in [-0.39, 0.29) is 23.1 Å². The molecule has 0 spiro atoms. The van der Waals surface area contributed by atoms with Gasteiger partial charge in [-0.15, -0.1) is 0 Å². The maximum absolute atomic E-state index is 13.0. The lowest BCUT2D eigenvalue weighted by Crippen LogP contribution is -2.60. The van der Waals surface area contributed by atoms with E-state index in [4.69, 9.17) is 0 Å². The molecule has 0 aromatic rings. The first-order valence-electron chi connectivity index (χ1n) is 11.2. The van der Waals surface area contributed by atoms with Gasteiger partial charge in [0.1, 0.15) is 0 Å². The highest BCUT2D eigenvalue weighted by Crippen LogP contribution is 2.57.